The molecule has 2 N–H and O–H groups in total. The molecular formula is C18H24N4O2. The number of amides is 2. The molecule has 2 heterocycles. The molecular weight excluding hydrogens is 304 g/mol. The highest BCUT2D eigenvalue weighted by molar-refractivity contribution is 5.97. The number of primary amides is 1. The van der Waals surface area contributed by atoms with Crippen LogP contribution in [-0.2, 0) is 4.79 Å². The molecule has 2 aromatic heterocycles. The first-order valence-electron chi connectivity index (χ1n) is 8.13. The van der Waals surface area contributed by atoms with Gasteiger partial charge in [0.05, 0.1) is 12.1 Å². The summed E-state index contributed by atoms with van der Waals surface area (Å²) >= 11 is 0. The SMILES string of the molecule is CCCCN(CC(N)=O)C(=O)c1cc(C)n(-c2ccccn2)c1C. The van der Waals surface area contributed by atoms with Crippen molar-refractivity contribution in [1.82, 2.24) is 14.5 Å². The molecule has 6 heteroatoms. The molecule has 24 heavy (non-hydrogen) atoms. The molecule has 6 nitrogen and oxygen atoms in total. The molecule has 0 fully saturated rings. The summed E-state index contributed by atoms with van der Waals surface area (Å²) in [5.41, 5.74) is 7.60. The van der Waals surface area contributed by atoms with Gasteiger partial charge >= 0.3 is 0 Å². The lowest BCUT2D eigenvalue weighted by atomic mass is 10.2. The predicted octanol–water partition coefficient (Wildman–Crippen LogP) is 2.22. The molecule has 0 aliphatic heterocycles. The first-order valence-corrected chi connectivity index (χ1v) is 8.13. The summed E-state index contributed by atoms with van der Waals surface area (Å²) in [5, 5.41) is 0. The number of aryl methyl sites for hydroxylation is 1. The Morgan fingerprint density at radius 2 is 2.04 bits per heavy atom. The molecule has 0 unspecified atom stereocenters. The molecule has 0 aliphatic rings. The van der Waals surface area contributed by atoms with Crippen molar-refractivity contribution in [3.8, 4) is 5.82 Å². The summed E-state index contributed by atoms with van der Waals surface area (Å²) < 4.78 is 1.94. The van der Waals surface area contributed by atoms with Crippen LogP contribution in [0.4, 0.5) is 0 Å². The Morgan fingerprint density at radius 1 is 1.29 bits per heavy atom. The van der Waals surface area contributed by atoms with E-state index in [2.05, 4.69) is 4.98 Å². The van der Waals surface area contributed by atoms with Crippen LogP contribution in [0, 0.1) is 13.8 Å². The van der Waals surface area contributed by atoms with E-state index in [9.17, 15) is 9.59 Å². The quantitative estimate of drug-likeness (QED) is 0.846. The van der Waals surface area contributed by atoms with Gasteiger partial charge in [-0.05, 0) is 38.5 Å². The number of carbonyl (C=O) groups excluding carboxylic acids is 2. The van der Waals surface area contributed by atoms with Crippen molar-refractivity contribution < 1.29 is 9.59 Å². The largest absolute Gasteiger partial charge is 0.368 e. The van der Waals surface area contributed by atoms with Crippen molar-refractivity contribution in [3.63, 3.8) is 0 Å². The number of hydrogen-bond acceptors (Lipinski definition) is 3. The van der Waals surface area contributed by atoms with Gasteiger partial charge in [-0.3, -0.25) is 9.59 Å². The molecule has 0 atom stereocenters. The van der Waals surface area contributed by atoms with Crippen LogP contribution in [0.25, 0.3) is 5.82 Å². The zero-order chi connectivity index (χ0) is 17.7. The zero-order valence-electron chi connectivity index (χ0n) is 14.5. The van der Waals surface area contributed by atoms with Crippen molar-refractivity contribution in [1.29, 1.82) is 0 Å². The van der Waals surface area contributed by atoms with Gasteiger partial charge in [0.2, 0.25) is 5.91 Å². The number of pyridine rings is 1. The van der Waals surface area contributed by atoms with E-state index in [4.69, 9.17) is 5.73 Å². The van der Waals surface area contributed by atoms with Crippen LogP contribution < -0.4 is 5.73 Å². The molecule has 0 aromatic carbocycles. The summed E-state index contributed by atoms with van der Waals surface area (Å²) in [6, 6.07) is 7.49. The third-order valence-corrected chi connectivity index (χ3v) is 3.96. The van der Waals surface area contributed by atoms with Gasteiger partial charge in [0, 0.05) is 24.1 Å². The number of aromatic nitrogens is 2. The number of nitrogens with two attached hydrogens (primary N) is 1. The van der Waals surface area contributed by atoms with Crippen LogP contribution in [0.15, 0.2) is 30.5 Å². The molecule has 0 saturated carbocycles. The van der Waals surface area contributed by atoms with E-state index in [-0.39, 0.29) is 12.5 Å². The molecule has 0 saturated heterocycles. The minimum Gasteiger partial charge on any atom is -0.368 e. The Bertz CT molecular complexity index is 722. The maximum Gasteiger partial charge on any atom is 0.256 e. The van der Waals surface area contributed by atoms with Gasteiger partial charge in [-0.2, -0.15) is 0 Å². The predicted molar refractivity (Wildman–Crippen MR) is 93.0 cm³/mol. The highest BCUT2D eigenvalue weighted by atomic mass is 16.2. The Hall–Kier alpha value is -2.63. The smallest absolute Gasteiger partial charge is 0.256 e. The van der Waals surface area contributed by atoms with Gasteiger partial charge in [0.1, 0.15) is 5.82 Å². The molecule has 0 spiro atoms. The van der Waals surface area contributed by atoms with Crippen LogP contribution >= 0.6 is 0 Å². The molecule has 2 amide bonds. The Balaban J connectivity index is 2.37. The van der Waals surface area contributed by atoms with Crippen LogP contribution in [0.2, 0.25) is 0 Å². The van der Waals surface area contributed by atoms with E-state index in [0.717, 1.165) is 30.0 Å². The second-order valence-electron chi connectivity index (χ2n) is 5.85. The lowest BCUT2D eigenvalue weighted by Gasteiger charge is -2.21. The second-order valence-corrected chi connectivity index (χ2v) is 5.85. The Labute approximate surface area is 142 Å². The van der Waals surface area contributed by atoms with E-state index in [1.54, 1.807) is 6.20 Å². The van der Waals surface area contributed by atoms with Crippen LogP contribution in [0.1, 0.15) is 41.5 Å². The fraction of sp³-hybridized carbons (Fsp3) is 0.389. The second kappa shape index (κ2) is 7.77. The Morgan fingerprint density at radius 3 is 2.62 bits per heavy atom. The lowest BCUT2D eigenvalue weighted by Crippen LogP contribution is -2.39. The number of unbranched alkanes of at least 4 members (excludes halogenated alkanes) is 1. The number of carbonyl (C=O) groups is 2. The van der Waals surface area contributed by atoms with E-state index >= 15 is 0 Å². The summed E-state index contributed by atoms with van der Waals surface area (Å²) in [6.07, 6.45) is 3.49. The average molecular weight is 328 g/mol. The number of rotatable bonds is 7. The van der Waals surface area contributed by atoms with Gasteiger partial charge in [0.25, 0.3) is 5.91 Å². The first kappa shape index (κ1) is 17.7. The molecule has 2 rings (SSSR count). The van der Waals surface area contributed by atoms with E-state index in [1.165, 1.54) is 4.90 Å². The van der Waals surface area contributed by atoms with Gasteiger partial charge in [0.15, 0.2) is 0 Å². The maximum absolute atomic E-state index is 12.9. The van der Waals surface area contributed by atoms with Gasteiger partial charge in [-0.1, -0.05) is 19.4 Å². The van der Waals surface area contributed by atoms with Crippen molar-refractivity contribution in [2.75, 3.05) is 13.1 Å². The highest BCUT2D eigenvalue weighted by Crippen LogP contribution is 2.21. The third kappa shape index (κ3) is 3.82. The monoisotopic (exact) mass is 328 g/mol. The summed E-state index contributed by atoms with van der Waals surface area (Å²) in [4.78, 5) is 30.1. The van der Waals surface area contributed by atoms with Crippen molar-refractivity contribution in [2.24, 2.45) is 5.73 Å². The summed E-state index contributed by atoms with van der Waals surface area (Å²) in [7, 11) is 0. The zero-order valence-corrected chi connectivity index (χ0v) is 14.5. The van der Waals surface area contributed by atoms with Crippen LogP contribution in [-0.4, -0.2) is 39.4 Å². The standard InChI is InChI=1S/C18H24N4O2/c1-4-5-10-21(12-16(19)23)18(24)15-11-13(2)22(14(15)3)17-8-6-7-9-20-17/h6-9,11H,4-5,10,12H2,1-3H3,(H2,19,23). The highest BCUT2D eigenvalue weighted by Gasteiger charge is 2.23. The molecule has 0 aliphatic carbocycles. The van der Waals surface area contributed by atoms with Crippen molar-refractivity contribution >= 4 is 11.8 Å². The lowest BCUT2D eigenvalue weighted by molar-refractivity contribution is -0.118. The van der Waals surface area contributed by atoms with Gasteiger partial charge in [-0.25, -0.2) is 4.98 Å². The molecule has 128 valence electrons. The number of hydrogen-bond donors (Lipinski definition) is 1. The fourth-order valence-corrected chi connectivity index (χ4v) is 2.78. The molecule has 2 aromatic rings. The van der Waals surface area contributed by atoms with E-state index in [0.29, 0.717) is 12.1 Å². The van der Waals surface area contributed by atoms with Gasteiger partial charge in [-0.15, -0.1) is 0 Å². The van der Waals surface area contributed by atoms with Gasteiger partial charge < -0.3 is 15.2 Å². The molecule has 0 bridgehead atoms. The maximum atomic E-state index is 12.9. The number of nitrogens with zero attached hydrogens (tertiary/aromatic N) is 3. The van der Waals surface area contributed by atoms with Crippen molar-refractivity contribution in [2.45, 2.75) is 33.6 Å². The average Bonchev–Trinajstić information content (AvgIpc) is 2.86. The first-order chi connectivity index (χ1) is 11.5. The summed E-state index contributed by atoms with van der Waals surface area (Å²) in [5.74, 6) is 0.0945. The van der Waals surface area contributed by atoms with E-state index in [1.807, 2.05) is 49.6 Å². The fourth-order valence-electron chi connectivity index (χ4n) is 2.78. The Kier molecular flexibility index (Phi) is 5.73. The van der Waals surface area contributed by atoms with Crippen LogP contribution in [0.5, 0.6) is 0 Å². The van der Waals surface area contributed by atoms with Crippen molar-refractivity contribution in [3.05, 3.63) is 47.4 Å². The van der Waals surface area contributed by atoms with E-state index < -0.39 is 5.91 Å². The minimum absolute atomic E-state index is 0.0634. The molecule has 0 radical (unpaired) electrons. The van der Waals surface area contributed by atoms with Crippen LogP contribution in [0.3, 0.4) is 0 Å². The topological polar surface area (TPSA) is 81.2 Å². The minimum atomic E-state index is -0.502. The summed E-state index contributed by atoms with van der Waals surface area (Å²) in [6.45, 7) is 6.32. The third-order valence-electron chi connectivity index (χ3n) is 3.96. The normalized spacial score (nSPS) is 10.6.